The van der Waals surface area contributed by atoms with Crippen molar-refractivity contribution in [1.29, 1.82) is 0 Å². The molecule has 2 heterocycles. The highest BCUT2D eigenvalue weighted by molar-refractivity contribution is 5.81. The molecule has 23 heavy (non-hydrogen) atoms. The molecule has 1 aromatic carbocycles. The average molecular weight is 313 g/mol. The number of pyridine rings is 1. The van der Waals surface area contributed by atoms with Crippen LogP contribution < -0.4 is 10.5 Å². The summed E-state index contributed by atoms with van der Waals surface area (Å²) in [5, 5.41) is 10.2. The number of hydrogen-bond acceptors (Lipinski definition) is 5. The summed E-state index contributed by atoms with van der Waals surface area (Å²) < 4.78 is 5.71. The number of aromatic amines is 1. The van der Waals surface area contributed by atoms with Gasteiger partial charge in [-0.05, 0) is 25.5 Å². The maximum absolute atomic E-state index is 12.0. The SMILES string of the molecule is CCc1c(-c2ccc3nc(N(C)C)oc3c2)[nH]c(=O)c(C)c1O. The number of benzene rings is 1. The molecular formula is C17H19N3O3. The number of nitrogens with one attached hydrogen (secondary N) is 1. The highest BCUT2D eigenvalue weighted by atomic mass is 16.4. The van der Waals surface area contributed by atoms with E-state index in [0.29, 0.717) is 34.8 Å². The first-order valence-corrected chi connectivity index (χ1v) is 7.45. The quantitative estimate of drug-likeness (QED) is 0.777. The number of fused-ring (bicyclic) bond motifs is 1. The number of hydrogen-bond donors (Lipinski definition) is 2. The zero-order valence-corrected chi connectivity index (χ0v) is 13.6. The molecule has 0 atom stereocenters. The topological polar surface area (TPSA) is 82.4 Å². The van der Waals surface area contributed by atoms with Crippen LogP contribution in [0.25, 0.3) is 22.4 Å². The Kier molecular flexibility index (Phi) is 3.60. The maximum atomic E-state index is 12.0. The van der Waals surface area contributed by atoms with Crippen LogP contribution in [0.5, 0.6) is 5.75 Å². The van der Waals surface area contributed by atoms with Gasteiger partial charge in [-0.25, -0.2) is 0 Å². The Morgan fingerprint density at radius 2 is 2.09 bits per heavy atom. The minimum Gasteiger partial charge on any atom is -0.507 e. The first-order valence-electron chi connectivity index (χ1n) is 7.45. The van der Waals surface area contributed by atoms with Crippen LogP contribution in [0.3, 0.4) is 0 Å². The second-order valence-corrected chi connectivity index (χ2v) is 5.71. The van der Waals surface area contributed by atoms with Crippen LogP contribution in [0.4, 0.5) is 6.01 Å². The summed E-state index contributed by atoms with van der Waals surface area (Å²) in [4.78, 5) is 21.0. The molecule has 2 aromatic heterocycles. The normalized spacial score (nSPS) is 11.1. The van der Waals surface area contributed by atoms with Crippen molar-refractivity contribution in [2.75, 3.05) is 19.0 Å². The van der Waals surface area contributed by atoms with Crippen molar-refractivity contribution in [2.24, 2.45) is 0 Å². The molecule has 6 nitrogen and oxygen atoms in total. The molecule has 0 aliphatic carbocycles. The van der Waals surface area contributed by atoms with Crippen molar-refractivity contribution in [3.8, 4) is 17.0 Å². The highest BCUT2D eigenvalue weighted by Gasteiger charge is 2.16. The van der Waals surface area contributed by atoms with Crippen LogP contribution in [0.2, 0.25) is 0 Å². The highest BCUT2D eigenvalue weighted by Crippen LogP contribution is 2.32. The number of oxazole rings is 1. The van der Waals surface area contributed by atoms with E-state index < -0.39 is 0 Å². The minimum absolute atomic E-state index is 0.0536. The molecule has 0 radical (unpaired) electrons. The van der Waals surface area contributed by atoms with Gasteiger partial charge in [-0.2, -0.15) is 4.98 Å². The molecule has 0 amide bonds. The van der Waals surface area contributed by atoms with E-state index in [9.17, 15) is 9.90 Å². The smallest absolute Gasteiger partial charge is 0.297 e. The standard InChI is InChI=1S/C17H19N3O3/c1-5-11-14(19-16(22)9(2)15(11)21)10-6-7-12-13(8-10)23-17(18-12)20(3)4/h6-8H,5H2,1-4H3,(H2,19,21,22). The van der Waals surface area contributed by atoms with Crippen LogP contribution in [0, 0.1) is 6.92 Å². The van der Waals surface area contributed by atoms with E-state index >= 15 is 0 Å². The van der Waals surface area contributed by atoms with E-state index in [1.807, 2.05) is 39.2 Å². The Morgan fingerprint density at radius 3 is 2.74 bits per heavy atom. The van der Waals surface area contributed by atoms with Crippen molar-refractivity contribution >= 4 is 17.1 Å². The number of rotatable bonds is 3. The molecule has 3 aromatic rings. The fraction of sp³-hybridized carbons (Fsp3) is 0.294. The zero-order valence-electron chi connectivity index (χ0n) is 13.6. The number of nitrogens with zero attached hydrogens (tertiary/aromatic N) is 2. The Bertz CT molecular complexity index is 938. The summed E-state index contributed by atoms with van der Waals surface area (Å²) in [5.74, 6) is 0.0536. The van der Waals surface area contributed by atoms with Gasteiger partial charge < -0.3 is 19.4 Å². The third kappa shape index (κ3) is 2.46. The van der Waals surface area contributed by atoms with Gasteiger partial charge in [0.1, 0.15) is 11.3 Å². The molecule has 0 saturated heterocycles. The van der Waals surface area contributed by atoms with Crippen molar-refractivity contribution in [3.05, 3.63) is 39.7 Å². The predicted octanol–water partition coefficient (Wildman–Crippen LogP) is 2.83. The van der Waals surface area contributed by atoms with Gasteiger partial charge in [0.15, 0.2) is 5.58 Å². The van der Waals surface area contributed by atoms with Gasteiger partial charge in [-0.15, -0.1) is 0 Å². The van der Waals surface area contributed by atoms with Crippen molar-refractivity contribution < 1.29 is 9.52 Å². The van der Waals surface area contributed by atoms with Crippen LogP contribution in [-0.4, -0.2) is 29.2 Å². The zero-order chi connectivity index (χ0) is 16.7. The average Bonchev–Trinajstić information content (AvgIpc) is 2.95. The fourth-order valence-corrected chi connectivity index (χ4v) is 2.58. The van der Waals surface area contributed by atoms with Gasteiger partial charge in [0.2, 0.25) is 0 Å². The van der Waals surface area contributed by atoms with Crippen molar-refractivity contribution in [3.63, 3.8) is 0 Å². The summed E-state index contributed by atoms with van der Waals surface area (Å²) in [6.45, 7) is 3.55. The summed E-state index contributed by atoms with van der Waals surface area (Å²) in [6.07, 6.45) is 0.607. The van der Waals surface area contributed by atoms with E-state index in [0.717, 1.165) is 11.1 Å². The molecule has 120 valence electrons. The predicted molar refractivity (Wildman–Crippen MR) is 90.2 cm³/mol. The number of anilines is 1. The molecule has 0 fully saturated rings. The summed E-state index contributed by atoms with van der Waals surface area (Å²) in [7, 11) is 3.71. The lowest BCUT2D eigenvalue weighted by atomic mass is 10.0. The molecule has 0 unspecified atom stereocenters. The molecule has 0 bridgehead atoms. The minimum atomic E-state index is -0.290. The Balaban J connectivity index is 2.22. The summed E-state index contributed by atoms with van der Waals surface area (Å²) >= 11 is 0. The van der Waals surface area contributed by atoms with E-state index in [1.165, 1.54) is 0 Å². The van der Waals surface area contributed by atoms with Gasteiger partial charge in [-0.3, -0.25) is 4.79 Å². The first-order chi connectivity index (χ1) is 10.9. The van der Waals surface area contributed by atoms with Crippen LogP contribution >= 0.6 is 0 Å². The number of H-pyrrole nitrogens is 1. The fourth-order valence-electron chi connectivity index (χ4n) is 2.58. The third-order valence-corrected chi connectivity index (χ3v) is 3.92. The summed E-state index contributed by atoms with van der Waals surface area (Å²) in [6, 6.07) is 6.06. The van der Waals surface area contributed by atoms with Crippen molar-refractivity contribution in [1.82, 2.24) is 9.97 Å². The van der Waals surface area contributed by atoms with E-state index in [4.69, 9.17) is 4.42 Å². The summed E-state index contributed by atoms with van der Waals surface area (Å²) in [5.41, 5.74) is 3.54. The molecule has 0 saturated carbocycles. The van der Waals surface area contributed by atoms with E-state index in [2.05, 4.69) is 9.97 Å². The van der Waals surface area contributed by atoms with Crippen molar-refractivity contribution in [2.45, 2.75) is 20.3 Å². The van der Waals surface area contributed by atoms with Crippen LogP contribution in [-0.2, 0) is 6.42 Å². The molecule has 2 N–H and O–H groups in total. The van der Waals surface area contributed by atoms with Gasteiger partial charge in [-0.1, -0.05) is 13.0 Å². The Labute approximate surface area is 133 Å². The molecule has 0 spiro atoms. The Morgan fingerprint density at radius 1 is 1.35 bits per heavy atom. The van der Waals surface area contributed by atoms with Crippen LogP contribution in [0.1, 0.15) is 18.1 Å². The molecule has 3 rings (SSSR count). The van der Waals surface area contributed by atoms with Crippen LogP contribution in [0.15, 0.2) is 27.4 Å². The lowest BCUT2D eigenvalue weighted by Crippen LogP contribution is -2.13. The molecular weight excluding hydrogens is 294 g/mol. The molecule has 6 heteroatoms. The van der Waals surface area contributed by atoms with Gasteiger partial charge >= 0.3 is 0 Å². The van der Waals surface area contributed by atoms with Gasteiger partial charge in [0.25, 0.3) is 11.6 Å². The second-order valence-electron chi connectivity index (χ2n) is 5.71. The number of aromatic nitrogens is 2. The lowest BCUT2D eigenvalue weighted by Gasteiger charge is -2.11. The van der Waals surface area contributed by atoms with Gasteiger partial charge in [0.05, 0.1) is 11.3 Å². The molecule has 0 aliphatic heterocycles. The lowest BCUT2D eigenvalue weighted by molar-refractivity contribution is 0.463. The maximum Gasteiger partial charge on any atom is 0.297 e. The third-order valence-electron chi connectivity index (χ3n) is 3.92. The molecule has 0 aliphatic rings. The Hall–Kier alpha value is -2.76. The van der Waals surface area contributed by atoms with E-state index in [-0.39, 0.29) is 11.3 Å². The number of aromatic hydroxyl groups is 1. The largest absolute Gasteiger partial charge is 0.507 e. The second kappa shape index (κ2) is 5.46. The first kappa shape index (κ1) is 15.1. The van der Waals surface area contributed by atoms with E-state index in [1.54, 1.807) is 11.8 Å². The van der Waals surface area contributed by atoms with Gasteiger partial charge in [0, 0.05) is 25.2 Å². The monoisotopic (exact) mass is 313 g/mol.